The second kappa shape index (κ2) is 7.04. The molecule has 1 aliphatic heterocycles. The molecular formula is C18H12F7N3O2. The number of nitrogens with zero attached hydrogens (tertiary/aromatic N) is 3. The first-order valence-electron chi connectivity index (χ1n) is 8.25. The Morgan fingerprint density at radius 2 is 1.63 bits per heavy atom. The average molecular weight is 435 g/mol. The van der Waals surface area contributed by atoms with Crippen molar-refractivity contribution in [3.05, 3.63) is 66.0 Å². The van der Waals surface area contributed by atoms with Gasteiger partial charge in [-0.05, 0) is 17.7 Å². The number of pyridine rings is 1. The molecule has 0 saturated heterocycles. The standard InChI is InChI=1S/C18H12F7N3O2/c19-16(20,17(21,22)18(23,24)25)15(30)9-13(11-5-2-1-3-6-11)27-28(15)14(29)12-7-4-8-26-10-12/h1-8,10,30H,9H2/t15-/m1/s1. The smallest absolute Gasteiger partial charge is 0.364 e. The maximum Gasteiger partial charge on any atom is 0.460 e. The SMILES string of the molecule is O=C(c1cccnc1)N1N=C(c2ccccc2)C[C@@]1(O)C(F)(F)C(F)(F)C(F)(F)F. The number of amides is 1. The van der Waals surface area contributed by atoms with E-state index in [-0.39, 0.29) is 5.56 Å². The molecule has 1 atom stereocenters. The molecule has 0 bridgehead atoms. The van der Waals surface area contributed by atoms with E-state index in [9.17, 15) is 40.6 Å². The molecule has 2 heterocycles. The molecule has 0 unspecified atom stereocenters. The molecule has 0 radical (unpaired) electrons. The molecule has 0 spiro atoms. The van der Waals surface area contributed by atoms with E-state index < -0.39 is 52.4 Å². The van der Waals surface area contributed by atoms with Crippen molar-refractivity contribution in [3.63, 3.8) is 0 Å². The van der Waals surface area contributed by atoms with Crippen LogP contribution < -0.4 is 0 Å². The number of aliphatic hydroxyl groups is 1. The highest BCUT2D eigenvalue weighted by Crippen LogP contribution is 2.54. The van der Waals surface area contributed by atoms with Crippen LogP contribution >= 0.6 is 0 Å². The van der Waals surface area contributed by atoms with Gasteiger partial charge in [0.1, 0.15) is 0 Å². The quantitative estimate of drug-likeness (QED) is 0.742. The lowest BCUT2D eigenvalue weighted by molar-refractivity contribution is -0.400. The lowest BCUT2D eigenvalue weighted by Crippen LogP contribution is -2.69. The van der Waals surface area contributed by atoms with E-state index in [1.807, 2.05) is 0 Å². The van der Waals surface area contributed by atoms with Gasteiger partial charge in [0.25, 0.3) is 5.91 Å². The van der Waals surface area contributed by atoms with Crippen LogP contribution in [-0.2, 0) is 0 Å². The van der Waals surface area contributed by atoms with Crippen LogP contribution in [0.3, 0.4) is 0 Å². The monoisotopic (exact) mass is 435 g/mol. The molecule has 30 heavy (non-hydrogen) atoms. The van der Waals surface area contributed by atoms with Crippen LogP contribution in [0.4, 0.5) is 30.7 Å². The molecule has 2 aromatic rings. The first-order valence-corrected chi connectivity index (χ1v) is 8.25. The second-order valence-electron chi connectivity index (χ2n) is 6.41. The zero-order valence-corrected chi connectivity index (χ0v) is 14.7. The van der Waals surface area contributed by atoms with Crippen molar-refractivity contribution in [2.45, 2.75) is 30.2 Å². The highest BCUT2D eigenvalue weighted by molar-refractivity contribution is 6.05. The minimum Gasteiger partial charge on any atom is -0.364 e. The van der Waals surface area contributed by atoms with Crippen LogP contribution in [-0.4, -0.2) is 50.5 Å². The van der Waals surface area contributed by atoms with Crippen LogP contribution in [0, 0.1) is 0 Å². The van der Waals surface area contributed by atoms with Gasteiger partial charge in [-0.1, -0.05) is 30.3 Å². The van der Waals surface area contributed by atoms with Crippen molar-refractivity contribution in [1.82, 2.24) is 9.99 Å². The Labute approximate surface area is 164 Å². The van der Waals surface area contributed by atoms with Crippen molar-refractivity contribution < 1.29 is 40.6 Å². The van der Waals surface area contributed by atoms with Crippen LogP contribution in [0.15, 0.2) is 60.0 Å². The topological polar surface area (TPSA) is 65.8 Å². The minimum atomic E-state index is -6.70. The van der Waals surface area contributed by atoms with Crippen molar-refractivity contribution in [1.29, 1.82) is 0 Å². The van der Waals surface area contributed by atoms with Gasteiger partial charge in [-0.25, -0.2) is 0 Å². The van der Waals surface area contributed by atoms with Gasteiger partial charge < -0.3 is 5.11 Å². The Hall–Kier alpha value is -3.02. The maximum atomic E-state index is 14.6. The fourth-order valence-corrected chi connectivity index (χ4v) is 2.84. The van der Waals surface area contributed by atoms with Gasteiger partial charge in [0.05, 0.1) is 11.3 Å². The van der Waals surface area contributed by atoms with Gasteiger partial charge in [-0.3, -0.25) is 9.78 Å². The van der Waals surface area contributed by atoms with E-state index in [0.29, 0.717) is 0 Å². The minimum absolute atomic E-state index is 0.0449. The zero-order valence-electron chi connectivity index (χ0n) is 14.7. The lowest BCUT2D eigenvalue weighted by atomic mass is 9.91. The summed E-state index contributed by atoms with van der Waals surface area (Å²) >= 11 is 0. The van der Waals surface area contributed by atoms with Gasteiger partial charge >= 0.3 is 18.0 Å². The van der Waals surface area contributed by atoms with Crippen molar-refractivity contribution in [3.8, 4) is 0 Å². The Morgan fingerprint density at radius 3 is 2.17 bits per heavy atom. The zero-order chi connectivity index (χ0) is 22.4. The summed E-state index contributed by atoms with van der Waals surface area (Å²) in [7, 11) is 0. The number of carbonyl (C=O) groups excluding carboxylic acids is 1. The summed E-state index contributed by atoms with van der Waals surface area (Å²) < 4.78 is 94.9. The normalized spacial score (nSPS) is 20.3. The largest absolute Gasteiger partial charge is 0.460 e. The summed E-state index contributed by atoms with van der Waals surface area (Å²) in [5.41, 5.74) is -5.19. The number of alkyl halides is 7. The van der Waals surface area contributed by atoms with E-state index in [4.69, 9.17) is 0 Å². The molecule has 5 nitrogen and oxygen atoms in total. The molecule has 1 aliphatic rings. The molecule has 1 amide bonds. The highest BCUT2D eigenvalue weighted by Gasteiger charge is 2.82. The van der Waals surface area contributed by atoms with E-state index in [1.54, 1.807) is 0 Å². The van der Waals surface area contributed by atoms with Crippen LogP contribution in [0.2, 0.25) is 0 Å². The van der Waals surface area contributed by atoms with Crippen LogP contribution in [0.1, 0.15) is 22.3 Å². The summed E-state index contributed by atoms with van der Waals surface area (Å²) in [5, 5.41) is 13.5. The first-order chi connectivity index (χ1) is 13.8. The summed E-state index contributed by atoms with van der Waals surface area (Å²) in [5.74, 6) is -14.3. The number of hydrogen-bond acceptors (Lipinski definition) is 4. The molecule has 12 heteroatoms. The predicted octanol–water partition coefficient (Wildman–Crippen LogP) is 3.85. The Bertz CT molecular complexity index is 965. The fourth-order valence-electron chi connectivity index (χ4n) is 2.84. The Kier molecular flexibility index (Phi) is 5.09. The Morgan fingerprint density at radius 1 is 1.00 bits per heavy atom. The Balaban J connectivity index is 2.15. The first kappa shape index (κ1) is 21.7. The van der Waals surface area contributed by atoms with E-state index >= 15 is 0 Å². The van der Waals surface area contributed by atoms with Crippen molar-refractivity contribution in [2.24, 2.45) is 5.10 Å². The number of aromatic nitrogens is 1. The molecule has 1 aromatic heterocycles. The number of benzene rings is 1. The highest BCUT2D eigenvalue weighted by atomic mass is 19.4. The molecule has 1 N–H and O–H groups in total. The second-order valence-corrected chi connectivity index (χ2v) is 6.41. The third-order valence-corrected chi connectivity index (χ3v) is 4.45. The number of halogens is 7. The van der Waals surface area contributed by atoms with Crippen LogP contribution in [0.25, 0.3) is 0 Å². The van der Waals surface area contributed by atoms with E-state index in [0.717, 1.165) is 12.3 Å². The van der Waals surface area contributed by atoms with E-state index in [1.165, 1.54) is 42.6 Å². The molecule has 0 saturated carbocycles. The van der Waals surface area contributed by atoms with Gasteiger partial charge in [-0.15, -0.1) is 0 Å². The van der Waals surface area contributed by atoms with Gasteiger partial charge in [-0.2, -0.15) is 40.8 Å². The molecule has 3 rings (SSSR count). The predicted molar refractivity (Wildman–Crippen MR) is 88.9 cm³/mol. The van der Waals surface area contributed by atoms with Crippen molar-refractivity contribution in [2.75, 3.05) is 0 Å². The summed E-state index contributed by atoms with van der Waals surface area (Å²) in [4.78, 5) is 16.2. The van der Waals surface area contributed by atoms with Gasteiger partial charge in [0.2, 0.25) is 5.72 Å². The lowest BCUT2D eigenvalue weighted by Gasteiger charge is -2.41. The fraction of sp³-hybridized carbons (Fsp3) is 0.278. The molecule has 1 aromatic carbocycles. The van der Waals surface area contributed by atoms with Gasteiger partial charge in [0.15, 0.2) is 0 Å². The molecule has 160 valence electrons. The molecule has 0 fully saturated rings. The van der Waals surface area contributed by atoms with Crippen LogP contribution in [0.5, 0.6) is 0 Å². The van der Waals surface area contributed by atoms with E-state index in [2.05, 4.69) is 10.1 Å². The van der Waals surface area contributed by atoms with Gasteiger partial charge in [0, 0.05) is 18.8 Å². The molecular weight excluding hydrogens is 423 g/mol. The number of hydrogen-bond donors (Lipinski definition) is 1. The maximum absolute atomic E-state index is 14.6. The third-order valence-electron chi connectivity index (χ3n) is 4.45. The van der Waals surface area contributed by atoms with Crippen molar-refractivity contribution >= 4 is 11.6 Å². The number of carbonyl (C=O) groups is 1. The summed E-state index contributed by atoms with van der Waals surface area (Å²) in [6.45, 7) is 0. The number of hydrazone groups is 1. The molecule has 0 aliphatic carbocycles. The third kappa shape index (κ3) is 3.20. The summed E-state index contributed by atoms with van der Waals surface area (Å²) in [6.07, 6.45) is -6.11. The summed E-state index contributed by atoms with van der Waals surface area (Å²) in [6, 6.07) is 9.22. The number of rotatable bonds is 4. The average Bonchev–Trinajstić information content (AvgIpc) is 3.07.